The lowest BCUT2D eigenvalue weighted by molar-refractivity contribution is -0.125. The van der Waals surface area contributed by atoms with E-state index in [1.807, 2.05) is 0 Å². The summed E-state index contributed by atoms with van der Waals surface area (Å²) >= 11 is 0. The molecule has 1 aliphatic heterocycles. The van der Waals surface area contributed by atoms with E-state index in [9.17, 15) is 4.79 Å². The molecule has 0 bridgehead atoms. The van der Waals surface area contributed by atoms with Crippen molar-refractivity contribution in [2.75, 3.05) is 19.7 Å². The molecule has 2 unspecified atom stereocenters. The van der Waals surface area contributed by atoms with E-state index in [1.54, 1.807) is 0 Å². The smallest absolute Gasteiger partial charge is 0.224 e. The van der Waals surface area contributed by atoms with Crippen molar-refractivity contribution in [3.05, 3.63) is 0 Å². The van der Waals surface area contributed by atoms with Gasteiger partial charge in [0.05, 0.1) is 12.0 Å². The Labute approximate surface area is 117 Å². The molecule has 0 saturated carbocycles. The molecular weight excluding hydrogens is 240 g/mol. The van der Waals surface area contributed by atoms with Crippen molar-refractivity contribution in [2.24, 2.45) is 17.1 Å². The van der Waals surface area contributed by atoms with Crippen LogP contribution in [-0.2, 0) is 9.53 Å². The van der Waals surface area contributed by atoms with Crippen molar-refractivity contribution in [1.29, 1.82) is 0 Å². The number of nitrogens with two attached hydrogens (primary N) is 1. The van der Waals surface area contributed by atoms with E-state index < -0.39 is 0 Å². The van der Waals surface area contributed by atoms with Crippen LogP contribution in [0.1, 0.15) is 52.9 Å². The van der Waals surface area contributed by atoms with Gasteiger partial charge in [-0.25, -0.2) is 0 Å². The van der Waals surface area contributed by atoms with E-state index in [-0.39, 0.29) is 17.2 Å². The molecule has 0 radical (unpaired) electrons. The van der Waals surface area contributed by atoms with Gasteiger partial charge in [-0.1, -0.05) is 20.8 Å². The van der Waals surface area contributed by atoms with Gasteiger partial charge in [0.1, 0.15) is 0 Å². The minimum absolute atomic E-state index is 0.0766. The minimum Gasteiger partial charge on any atom is -0.378 e. The molecule has 3 N–H and O–H groups in total. The second kappa shape index (κ2) is 7.85. The third-order valence-electron chi connectivity index (χ3n) is 3.55. The Balaban J connectivity index is 2.24. The quantitative estimate of drug-likeness (QED) is 0.776. The van der Waals surface area contributed by atoms with E-state index in [4.69, 9.17) is 10.5 Å². The Morgan fingerprint density at radius 3 is 2.68 bits per heavy atom. The molecule has 4 heteroatoms. The number of amides is 1. The topological polar surface area (TPSA) is 64.4 Å². The second-order valence-electron chi connectivity index (χ2n) is 6.77. The lowest BCUT2D eigenvalue weighted by atomic mass is 9.84. The van der Waals surface area contributed by atoms with Gasteiger partial charge >= 0.3 is 0 Å². The van der Waals surface area contributed by atoms with E-state index in [1.165, 1.54) is 12.8 Å². The summed E-state index contributed by atoms with van der Waals surface area (Å²) in [5.74, 6) is 0.0144. The molecule has 1 fully saturated rings. The Bertz CT molecular complexity index is 268. The van der Waals surface area contributed by atoms with Crippen LogP contribution in [0, 0.1) is 11.3 Å². The molecule has 4 nitrogen and oxygen atoms in total. The Morgan fingerprint density at radius 1 is 1.42 bits per heavy atom. The number of nitrogens with one attached hydrogen (secondary N) is 1. The molecule has 1 rings (SSSR count). The summed E-state index contributed by atoms with van der Waals surface area (Å²) in [6.45, 7) is 8.40. The van der Waals surface area contributed by atoms with Crippen LogP contribution in [0.3, 0.4) is 0 Å². The van der Waals surface area contributed by atoms with E-state index >= 15 is 0 Å². The number of hydrogen-bond donors (Lipinski definition) is 2. The average molecular weight is 270 g/mol. The van der Waals surface area contributed by atoms with Crippen LogP contribution in [0.5, 0.6) is 0 Å². The van der Waals surface area contributed by atoms with E-state index in [2.05, 4.69) is 26.1 Å². The fourth-order valence-corrected chi connectivity index (χ4v) is 2.56. The molecule has 0 aliphatic carbocycles. The highest BCUT2D eigenvalue weighted by Gasteiger charge is 2.23. The van der Waals surface area contributed by atoms with Crippen LogP contribution in [0.4, 0.5) is 0 Å². The molecule has 0 aromatic carbocycles. The van der Waals surface area contributed by atoms with Crippen LogP contribution in [0.2, 0.25) is 0 Å². The SMILES string of the molecule is CC(C)(C)CC(CN)C(=O)NCCC1CCCCO1. The summed E-state index contributed by atoms with van der Waals surface area (Å²) in [6.07, 6.45) is 5.61. The fourth-order valence-electron chi connectivity index (χ4n) is 2.56. The largest absolute Gasteiger partial charge is 0.378 e. The van der Waals surface area contributed by atoms with Gasteiger partial charge in [-0.05, 0) is 37.5 Å². The monoisotopic (exact) mass is 270 g/mol. The van der Waals surface area contributed by atoms with Crippen LogP contribution in [-0.4, -0.2) is 31.7 Å². The highest BCUT2D eigenvalue weighted by atomic mass is 16.5. The first-order valence-corrected chi connectivity index (χ1v) is 7.52. The summed E-state index contributed by atoms with van der Waals surface area (Å²) in [5, 5.41) is 3.00. The highest BCUT2D eigenvalue weighted by molar-refractivity contribution is 5.78. The maximum Gasteiger partial charge on any atom is 0.224 e. The normalized spacial score (nSPS) is 22.0. The molecule has 1 saturated heterocycles. The van der Waals surface area contributed by atoms with Gasteiger partial charge in [0.15, 0.2) is 0 Å². The lowest BCUT2D eigenvalue weighted by Gasteiger charge is -2.25. The first-order valence-electron chi connectivity index (χ1n) is 7.52. The molecule has 0 spiro atoms. The van der Waals surface area contributed by atoms with Gasteiger partial charge in [-0.3, -0.25) is 4.79 Å². The molecule has 1 heterocycles. The molecular formula is C15H30N2O2. The molecule has 0 aromatic heterocycles. The maximum atomic E-state index is 12.1. The van der Waals surface area contributed by atoms with Crippen molar-refractivity contribution in [1.82, 2.24) is 5.32 Å². The third-order valence-corrected chi connectivity index (χ3v) is 3.55. The molecule has 1 aliphatic rings. The molecule has 112 valence electrons. The van der Waals surface area contributed by atoms with E-state index in [0.29, 0.717) is 19.2 Å². The standard InChI is InChI=1S/C15H30N2O2/c1-15(2,3)10-12(11-16)14(18)17-8-7-13-6-4-5-9-19-13/h12-13H,4-11,16H2,1-3H3,(H,17,18). The zero-order valence-corrected chi connectivity index (χ0v) is 12.7. The predicted molar refractivity (Wildman–Crippen MR) is 77.8 cm³/mol. The van der Waals surface area contributed by atoms with Gasteiger partial charge in [-0.2, -0.15) is 0 Å². The Morgan fingerprint density at radius 2 is 2.16 bits per heavy atom. The maximum absolute atomic E-state index is 12.1. The van der Waals surface area contributed by atoms with Crippen LogP contribution in [0.15, 0.2) is 0 Å². The molecule has 19 heavy (non-hydrogen) atoms. The summed E-state index contributed by atoms with van der Waals surface area (Å²) in [5.41, 5.74) is 5.84. The van der Waals surface area contributed by atoms with Crippen molar-refractivity contribution in [3.8, 4) is 0 Å². The van der Waals surface area contributed by atoms with E-state index in [0.717, 1.165) is 25.9 Å². The average Bonchev–Trinajstić information content (AvgIpc) is 2.36. The number of rotatable bonds is 6. The lowest BCUT2D eigenvalue weighted by Crippen LogP contribution is -2.38. The number of carbonyl (C=O) groups is 1. The summed E-state index contributed by atoms with van der Waals surface area (Å²) in [7, 11) is 0. The molecule has 1 amide bonds. The Kier molecular flexibility index (Phi) is 6.80. The first-order chi connectivity index (χ1) is 8.92. The van der Waals surface area contributed by atoms with Crippen molar-refractivity contribution in [3.63, 3.8) is 0 Å². The predicted octanol–water partition coefficient (Wildman–Crippen LogP) is 2.07. The van der Waals surface area contributed by atoms with Gasteiger partial charge in [0, 0.05) is 19.7 Å². The summed E-state index contributed by atoms with van der Waals surface area (Å²) in [6, 6.07) is 0. The molecule has 0 aromatic rings. The summed E-state index contributed by atoms with van der Waals surface area (Å²) in [4.78, 5) is 12.1. The zero-order chi connectivity index (χ0) is 14.3. The van der Waals surface area contributed by atoms with Crippen LogP contribution in [0.25, 0.3) is 0 Å². The van der Waals surface area contributed by atoms with Crippen LogP contribution >= 0.6 is 0 Å². The number of hydrogen-bond acceptors (Lipinski definition) is 3. The van der Waals surface area contributed by atoms with Crippen molar-refractivity contribution in [2.45, 2.75) is 59.0 Å². The van der Waals surface area contributed by atoms with Gasteiger partial charge in [0.25, 0.3) is 0 Å². The number of carbonyl (C=O) groups excluding carboxylic acids is 1. The number of ether oxygens (including phenoxy) is 1. The van der Waals surface area contributed by atoms with Crippen LogP contribution < -0.4 is 11.1 Å². The Hall–Kier alpha value is -0.610. The van der Waals surface area contributed by atoms with Gasteiger partial charge < -0.3 is 15.8 Å². The molecule has 2 atom stereocenters. The fraction of sp³-hybridized carbons (Fsp3) is 0.933. The highest BCUT2D eigenvalue weighted by Crippen LogP contribution is 2.24. The summed E-state index contributed by atoms with van der Waals surface area (Å²) < 4.78 is 5.65. The first kappa shape index (κ1) is 16.4. The zero-order valence-electron chi connectivity index (χ0n) is 12.7. The van der Waals surface area contributed by atoms with Gasteiger partial charge in [0.2, 0.25) is 5.91 Å². The van der Waals surface area contributed by atoms with Crippen molar-refractivity contribution >= 4 is 5.91 Å². The second-order valence-corrected chi connectivity index (χ2v) is 6.77. The minimum atomic E-state index is -0.0766. The van der Waals surface area contributed by atoms with Gasteiger partial charge in [-0.15, -0.1) is 0 Å². The third kappa shape index (κ3) is 6.92. The van der Waals surface area contributed by atoms with Crippen molar-refractivity contribution < 1.29 is 9.53 Å².